The molecule has 7 heteroatoms. The molecular formula is C19H25FN2O4. The largest absolute Gasteiger partial charge is 0.458 e. The zero-order valence-corrected chi connectivity index (χ0v) is 16.0. The summed E-state index contributed by atoms with van der Waals surface area (Å²) in [5.74, 6) is -1.30. The van der Waals surface area contributed by atoms with Gasteiger partial charge in [-0.1, -0.05) is 0 Å². The first kappa shape index (κ1) is 21.4. The van der Waals surface area contributed by atoms with Crippen LogP contribution in [0.25, 0.3) is 0 Å². The molecule has 26 heavy (non-hydrogen) atoms. The van der Waals surface area contributed by atoms with Gasteiger partial charge < -0.3 is 14.8 Å². The molecule has 1 rings (SSSR count). The highest BCUT2D eigenvalue weighted by Crippen LogP contribution is 2.16. The van der Waals surface area contributed by atoms with E-state index in [1.54, 1.807) is 41.5 Å². The topological polar surface area (TPSA) is 88.4 Å². The summed E-state index contributed by atoms with van der Waals surface area (Å²) in [5.41, 5.74) is -1.16. The van der Waals surface area contributed by atoms with Gasteiger partial charge in [0.1, 0.15) is 23.1 Å². The molecule has 1 aromatic carbocycles. The number of nitrogens with one attached hydrogen (secondary N) is 1. The molecule has 0 aliphatic rings. The van der Waals surface area contributed by atoms with Crippen LogP contribution in [0.1, 0.15) is 52.7 Å². The first-order chi connectivity index (χ1) is 11.8. The van der Waals surface area contributed by atoms with Crippen LogP contribution in [-0.2, 0) is 20.7 Å². The van der Waals surface area contributed by atoms with Gasteiger partial charge in [-0.2, -0.15) is 5.26 Å². The molecule has 1 amide bonds. The zero-order valence-electron chi connectivity index (χ0n) is 16.0. The summed E-state index contributed by atoms with van der Waals surface area (Å²) in [4.78, 5) is 24.5. The number of benzene rings is 1. The van der Waals surface area contributed by atoms with E-state index in [1.807, 2.05) is 6.07 Å². The maximum absolute atomic E-state index is 14.1. The van der Waals surface area contributed by atoms with Crippen molar-refractivity contribution in [3.05, 3.63) is 35.1 Å². The van der Waals surface area contributed by atoms with Gasteiger partial charge in [0.2, 0.25) is 0 Å². The summed E-state index contributed by atoms with van der Waals surface area (Å²) < 4.78 is 24.5. The normalized spacial score (nSPS) is 12.7. The lowest BCUT2D eigenvalue weighted by atomic mass is 10.0. The number of carbonyl (C=O) groups is 2. The molecule has 0 radical (unpaired) electrons. The highest BCUT2D eigenvalue weighted by molar-refractivity contribution is 5.82. The first-order valence-electron chi connectivity index (χ1n) is 8.21. The number of esters is 1. The summed E-state index contributed by atoms with van der Waals surface area (Å²) in [6.07, 6.45) is -0.986. The van der Waals surface area contributed by atoms with Crippen molar-refractivity contribution in [1.29, 1.82) is 5.26 Å². The lowest BCUT2D eigenvalue weighted by Crippen LogP contribution is -2.47. The van der Waals surface area contributed by atoms with Gasteiger partial charge in [-0.25, -0.2) is 14.0 Å². The lowest BCUT2D eigenvalue weighted by Gasteiger charge is -2.26. The van der Waals surface area contributed by atoms with Crippen LogP contribution in [0.15, 0.2) is 18.2 Å². The number of alkyl carbamates (subject to hydrolysis) is 1. The van der Waals surface area contributed by atoms with Crippen molar-refractivity contribution in [2.45, 2.75) is 65.2 Å². The fourth-order valence-electron chi connectivity index (χ4n) is 2.04. The average molecular weight is 364 g/mol. The summed E-state index contributed by atoms with van der Waals surface area (Å²) in [6, 6.07) is 4.57. The molecule has 6 nitrogen and oxygen atoms in total. The summed E-state index contributed by atoms with van der Waals surface area (Å²) in [6.45, 7) is 10.1. The minimum Gasteiger partial charge on any atom is -0.458 e. The molecule has 1 atom stereocenters. The monoisotopic (exact) mass is 364 g/mol. The Kier molecular flexibility index (Phi) is 6.73. The summed E-state index contributed by atoms with van der Waals surface area (Å²) >= 11 is 0. The van der Waals surface area contributed by atoms with Crippen molar-refractivity contribution in [1.82, 2.24) is 5.32 Å². The number of hydrogen-bond donors (Lipinski definition) is 1. The standard InChI is InChI=1S/C19H25FN2O4/c1-18(2,3)25-16(23)15(22-17(24)26-19(4,5)6)10-13-9-12(11-21)7-8-14(13)20/h7-9,15H,10H2,1-6H3,(H,22,24)/t15-/m0/s1. The number of nitriles is 1. The summed E-state index contributed by atoms with van der Waals surface area (Å²) in [5, 5.41) is 11.4. The van der Waals surface area contributed by atoms with E-state index in [4.69, 9.17) is 14.7 Å². The summed E-state index contributed by atoms with van der Waals surface area (Å²) in [7, 11) is 0. The third-order valence-corrected chi connectivity index (χ3v) is 2.98. The second kappa shape index (κ2) is 8.17. The molecule has 0 aromatic heterocycles. The fraction of sp³-hybridized carbons (Fsp3) is 0.526. The Morgan fingerprint density at radius 3 is 2.23 bits per heavy atom. The Balaban J connectivity index is 3.06. The quantitative estimate of drug-likeness (QED) is 0.827. The van der Waals surface area contributed by atoms with Crippen LogP contribution in [0.3, 0.4) is 0 Å². The van der Waals surface area contributed by atoms with Gasteiger partial charge in [-0.15, -0.1) is 0 Å². The van der Waals surface area contributed by atoms with Gasteiger partial charge in [-0.05, 0) is 65.3 Å². The number of amides is 1. The van der Waals surface area contributed by atoms with Crippen LogP contribution in [0.5, 0.6) is 0 Å². The number of nitrogens with zero attached hydrogens (tertiary/aromatic N) is 1. The van der Waals surface area contributed by atoms with Gasteiger partial charge in [0.05, 0.1) is 11.6 Å². The van der Waals surface area contributed by atoms with Gasteiger partial charge in [0, 0.05) is 6.42 Å². The minimum atomic E-state index is -1.16. The second-order valence-electron chi connectivity index (χ2n) is 7.85. The van der Waals surface area contributed by atoms with Gasteiger partial charge in [0.25, 0.3) is 0 Å². The zero-order chi connectivity index (χ0) is 20.1. The van der Waals surface area contributed by atoms with Gasteiger partial charge in [-0.3, -0.25) is 0 Å². The second-order valence-corrected chi connectivity index (χ2v) is 7.85. The van der Waals surface area contributed by atoms with E-state index in [1.165, 1.54) is 12.1 Å². The molecule has 0 bridgehead atoms. The van der Waals surface area contributed by atoms with Crippen molar-refractivity contribution >= 4 is 12.1 Å². The molecule has 1 aromatic rings. The molecule has 0 heterocycles. The van der Waals surface area contributed by atoms with Crippen molar-refractivity contribution < 1.29 is 23.5 Å². The Morgan fingerprint density at radius 1 is 1.15 bits per heavy atom. The van der Waals surface area contributed by atoms with Gasteiger partial charge >= 0.3 is 12.1 Å². The smallest absolute Gasteiger partial charge is 0.408 e. The van der Waals surface area contributed by atoms with Crippen LogP contribution < -0.4 is 5.32 Å². The molecule has 0 spiro atoms. The molecule has 0 fully saturated rings. The number of carbonyl (C=O) groups excluding carboxylic acids is 2. The maximum atomic E-state index is 14.1. The molecule has 0 unspecified atom stereocenters. The van der Waals surface area contributed by atoms with E-state index in [0.717, 1.165) is 6.07 Å². The lowest BCUT2D eigenvalue weighted by molar-refractivity contribution is -0.157. The maximum Gasteiger partial charge on any atom is 0.408 e. The molecule has 1 N–H and O–H groups in total. The van der Waals surface area contributed by atoms with E-state index < -0.39 is 35.1 Å². The number of rotatable bonds is 4. The minimum absolute atomic E-state index is 0.121. The molecule has 0 saturated heterocycles. The Bertz CT molecular complexity index is 712. The fourth-order valence-corrected chi connectivity index (χ4v) is 2.04. The van der Waals surface area contributed by atoms with Crippen molar-refractivity contribution in [3.63, 3.8) is 0 Å². The predicted octanol–water partition coefficient (Wildman–Crippen LogP) is 3.47. The van der Waals surface area contributed by atoms with Gasteiger partial charge in [0.15, 0.2) is 0 Å². The molecule has 142 valence electrons. The highest BCUT2D eigenvalue weighted by Gasteiger charge is 2.29. The predicted molar refractivity (Wildman–Crippen MR) is 93.8 cm³/mol. The third kappa shape index (κ3) is 7.51. The number of halogens is 1. The highest BCUT2D eigenvalue weighted by atomic mass is 19.1. The van der Waals surface area contributed by atoms with Crippen molar-refractivity contribution in [3.8, 4) is 6.07 Å². The van der Waals surface area contributed by atoms with E-state index in [-0.39, 0.29) is 17.5 Å². The van der Waals surface area contributed by atoms with E-state index in [0.29, 0.717) is 0 Å². The van der Waals surface area contributed by atoms with Crippen molar-refractivity contribution in [2.75, 3.05) is 0 Å². The van der Waals surface area contributed by atoms with Crippen molar-refractivity contribution in [2.24, 2.45) is 0 Å². The van der Waals surface area contributed by atoms with Crippen LogP contribution >= 0.6 is 0 Å². The Hall–Kier alpha value is -2.62. The Morgan fingerprint density at radius 2 is 1.73 bits per heavy atom. The molecule has 0 aliphatic carbocycles. The Labute approximate surface area is 153 Å². The van der Waals surface area contributed by atoms with Crippen LogP contribution in [0.4, 0.5) is 9.18 Å². The van der Waals surface area contributed by atoms with E-state index in [9.17, 15) is 14.0 Å². The van der Waals surface area contributed by atoms with E-state index in [2.05, 4.69) is 5.32 Å². The van der Waals surface area contributed by atoms with E-state index >= 15 is 0 Å². The molecule has 0 saturated carbocycles. The average Bonchev–Trinajstić information content (AvgIpc) is 2.44. The number of hydrogen-bond acceptors (Lipinski definition) is 5. The van der Waals surface area contributed by atoms with Crippen LogP contribution in [0, 0.1) is 17.1 Å². The van der Waals surface area contributed by atoms with Crippen LogP contribution in [-0.4, -0.2) is 29.3 Å². The first-order valence-corrected chi connectivity index (χ1v) is 8.21. The number of ether oxygens (including phenoxy) is 2. The SMILES string of the molecule is CC(C)(C)OC(=O)N[C@@H](Cc1cc(C#N)ccc1F)C(=O)OC(C)(C)C. The molecular weight excluding hydrogens is 339 g/mol. The third-order valence-electron chi connectivity index (χ3n) is 2.98. The van der Waals surface area contributed by atoms with Crippen LogP contribution in [0.2, 0.25) is 0 Å². The molecule has 0 aliphatic heterocycles.